The molecule has 1 aliphatic heterocycles. The van der Waals surface area contributed by atoms with Gasteiger partial charge < -0.3 is 25.2 Å². The van der Waals surface area contributed by atoms with Gasteiger partial charge >= 0.3 is 0 Å². The van der Waals surface area contributed by atoms with Crippen LogP contribution in [0, 0.1) is 18.3 Å². The van der Waals surface area contributed by atoms with E-state index in [-0.39, 0.29) is 18.2 Å². The normalized spacial score (nSPS) is 13.8. The first-order valence-corrected chi connectivity index (χ1v) is 12.6. The number of allylic oxidation sites excluding steroid dienone is 1. The number of methoxy groups -OCH3 is 1. The van der Waals surface area contributed by atoms with Crippen molar-refractivity contribution in [3.8, 4) is 23.4 Å². The summed E-state index contributed by atoms with van der Waals surface area (Å²) in [5, 5.41) is 25.4. The number of aromatic nitrogens is 1. The summed E-state index contributed by atoms with van der Waals surface area (Å²) in [5.41, 5.74) is 5.70. The van der Waals surface area contributed by atoms with Crippen molar-refractivity contribution in [2.75, 3.05) is 19.0 Å². The van der Waals surface area contributed by atoms with Crippen LogP contribution in [-0.4, -0.2) is 29.7 Å². The van der Waals surface area contributed by atoms with Gasteiger partial charge in [-0.25, -0.2) is 4.98 Å². The van der Waals surface area contributed by atoms with E-state index in [0.717, 1.165) is 27.9 Å². The van der Waals surface area contributed by atoms with Crippen molar-refractivity contribution in [1.29, 1.82) is 5.26 Å². The van der Waals surface area contributed by atoms with Crippen LogP contribution < -0.4 is 20.1 Å². The number of benzene rings is 2. The molecule has 198 valence electrons. The number of hydrogen-bond acceptors (Lipinski definition) is 7. The predicted octanol–water partition coefficient (Wildman–Crippen LogP) is 5.55. The van der Waals surface area contributed by atoms with Crippen LogP contribution in [0.15, 0.2) is 59.9 Å². The third-order valence-electron chi connectivity index (χ3n) is 6.15. The fourth-order valence-electron chi connectivity index (χ4n) is 4.43. The Kier molecular flexibility index (Phi) is 9.33. The van der Waals surface area contributed by atoms with E-state index in [1.807, 2.05) is 40.7 Å². The number of anilines is 1. The Hall–Kier alpha value is -4.51. The molecule has 3 N–H and O–H groups in total. The van der Waals surface area contributed by atoms with Gasteiger partial charge in [-0.2, -0.15) is 5.26 Å². The molecule has 0 saturated carbocycles. The largest absolute Gasteiger partial charge is 0.508 e. The fourth-order valence-corrected chi connectivity index (χ4v) is 4.43. The second kappa shape index (κ2) is 12.6. The number of phenols is 1. The Bertz CT molecular complexity index is 1370. The summed E-state index contributed by atoms with van der Waals surface area (Å²) in [7, 11) is 1.54. The second-order valence-electron chi connectivity index (χ2n) is 8.48. The van der Waals surface area contributed by atoms with Crippen molar-refractivity contribution in [2.45, 2.75) is 47.1 Å². The maximum Gasteiger partial charge on any atom is 0.250 e. The third kappa shape index (κ3) is 5.73. The van der Waals surface area contributed by atoms with Gasteiger partial charge in [0.15, 0.2) is 0 Å². The maximum atomic E-state index is 13.7. The molecule has 3 aromatic rings. The highest BCUT2D eigenvalue weighted by molar-refractivity contribution is 5.99. The second-order valence-corrected chi connectivity index (χ2v) is 8.48. The van der Waals surface area contributed by atoms with Crippen LogP contribution in [-0.2, 0) is 11.3 Å². The number of aromatic hydroxyl groups is 1. The molecule has 0 spiro atoms. The lowest BCUT2D eigenvalue weighted by Gasteiger charge is -2.33. The number of phenolic OH excluding ortho intramolecular Hbond substituents is 1. The highest BCUT2D eigenvalue weighted by atomic mass is 16.5. The molecule has 2 aromatic carbocycles. The van der Waals surface area contributed by atoms with Crippen molar-refractivity contribution in [3.63, 3.8) is 0 Å². The zero-order chi connectivity index (χ0) is 27.8. The van der Waals surface area contributed by atoms with Crippen molar-refractivity contribution >= 4 is 11.6 Å². The van der Waals surface area contributed by atoms with E-state index in [1.165, 1.54) is 0 Å². The van der Waals surface area contributed by atoms with E-state index in [4.69, 9.17) is 9.47 Å². The SMILES string of the molecule is CC.CCOc1ncc(C)c2c1C(c1ccc(C#N)cc1OC)C(C(=O)NCc1ccc(O)cc1)=C(C)N2. The topological polar surface area (TPSA) is 117 Å². The molecular weight excluding hydrogens is 480 g/mol. The molecule has 2 heterocycles. The third-order valence-corrected chi connectivity index (χ3v) is 6.15. The molecule has 38 heavy (non-hydrogen) atoms. The van der Waals surface area contributed by atoms with Crippen molar-refractivity contribution < 1.29 is 19.4 Å². The van der Waals surface area contributed by atoms with Gasteiger partial charge in [0.25, 0.3) is 0 Å². The number of aryl methyl sites for hydroxylation is 1. The average molecular weight is 515 g/mol. The molecule has 0 fully saturated rings. The van der Waals surface area contributed by atoms with Crippen molar-refractivity contribution in [1.82, 2.24) is 10.3 Å². The summed E-state index contributed by atoms with van der Waals surface area (Å²) < 4.78 is 11.6. The minimum absolute atomic E-state index is 0.163. The summed E-state index contributed by atoms with van der Waals surface area (Å²) in [6.45, 7) is 10.4. The molecule has 0 radical (unpaired) electrons. The van der Waals surface area contributed by atoms with Gasteiger partial charge in [-0.1, -0.05) is 32.0 Å². The lowest BCUT2D eigenvalue weighted by Crippen LogP contribution is -2.32. The molecule has 1 unspecified atom stereocenters. The highest BCUT2D eigenvalue weighted by Crippen LogP contribution is 2.49. The van der Waals surface area contributed by atoms with Crippen LogP contribution in [0.1, 0.15) is 61.4 Å². The first-order chi connectivity index (χ1) is 18.4. The number of carbonyl (C=O) groups is 1. The molecule has 1 amide bonds. The summed E-state index contributed by atoms with van der Waals surface area (Å²) in [5.74, 6) is 0.263. The summed E-state index contributed by atoms with van der Waals surface area (Å²) in [4.78, 5) is 18.2. The smallest absolute Gasteiger partial charge is 0.250 e. The number of hydrogen-bond donors (Lipinski definition) is 3. The van der Waals surface area contributed by atoms with Gasteiger partial charge in [-0.15, -0.1) is 0 Å². The molecule has 1 atom stereocenters. The molecular formula is C30H34N4O4. The van der Waals surface area contributed by atoms with Crippen LogP contribution in [0.5, 0.6) is 17.4 Å². The number of carbonyl (C=O) groups excluding carboxylic acids is 1. The zero-order valence-corrected chi connectivity index (χ0v) is 22.7. The van der Waals surface area contributed by atoms with E-state index in [1.54, 1.807) is 49.7 Å². The fraction of sp³-hybridized carbons (Fsp3) is 0.300. The Labute approximate surface area is 223 Å². The highest BCUT2D eigenvalue weighted by Gasteiger charge is 2.37. The molecule has 4 rings (SSSR count). The van der Waals surface area contributed by atoms with E-state index in [2.05, 4.69) is 21.7 Å². The molecule has 8 heteroatoms. The predicted molar refractivity (Wildman–Crippen MR) is 147 cm³/mol. The number of nitrogens with zero attached hydrogens (tertiary/aromatic N) is 2. The van der Waals surface area contributed by atoms with Gasteiger partial charge in [0.2, 0.25) is 11.8 Å². The van der Waals surface area contributed by atoms with Gasteiger partial charge in [0, 0.05) is 29.6 Å². The number of nitriles is 1. The maximum absolute atomic E-state index is 13.7. The standard InChI is InChI=1S/C28H28N4O4.C2H6/c1-5-36-28-25-24(21-11-8-19(13-29)12-22(21)35-4)23(17(3)32-26(25)16(2)14-31-28)27(34)30-15-18-6-9-20(33)10-7-18;1-2/h6-12,14,24,32-33H,5,15H2,1-4H3,(H,30,34);1-2H3. The Morgan fingerprint density at radius 2 is 1.89 bits per heavy atom. The quantitative estimate of drug-likeness (QED) is 0.379. The van der Waals surface area contributed by atoms with Crippen LogP contribution >= 0.6 is 0 Å². The molecule has 8 nitrogen and oxygen atoms in total. The summed E-state index contributed by atoms with van der Waals surface area (Å²) in [6.07, 6.45) is 1.74. The Morgan fingerprint density at radius 1 is 1.18 bits per heavy atom. The number of fused-ring (bicyclic) bond motifs is 1. The number of amides is 1. The summed E-state index contributed by atoms with van der Waals surface area (Å²) >= 11 is 0. The van der Waals surface area contributed by atoms with Gasteiger partial charge in [-0.05, 0) is 56.2 Å². The van der Waals surface area contributed by atoms with E-state index in [0.29, 0.717) is 35.1 Å². The van der Waals surface area contributed by atoms with Crippen LogP contribution in [0.3, 0.4) is 0 Å². The minimum atomic E-state index is -0.558. The Balaban J connectivity index is 0.00000195. The van der Waals surface area contributed by atoms with Gasteiger partial charge in [0.05, 0.1) is 42.5 Å². The lowest BCUT2D eigenvalue weighted by molar-refractivity contribution is -0.117. The number of ether oxygens (including phenoxy) is 2. The monoisotopic (exact) mass is 514 g/mol. The average Bonchev–Trinajstić information content (AvgIpc) is 2.94. The summed E-state index contributed by atoms with van der Waals surface area (Å²) in [6, 6.07) is 14.0. The molecule has 1 aliphatic rings. The molecule has 0 aliphatic carbocycles. The zero-order valence-electron chi connectivity index (χ0n) is 22.7. The molecule has 0 bridgehead atoms. The minimum Gasteiger partial charge on any atom is -0.508 e. The van der Waals surface area contributed by atoms with Crippen LogP contribution in [0.4, 0.5) is 5.69 Å². The first-order valence-electron chi connectivity index (χ1n) is 12.6. The first kappa shape index (κ1) is 28.1. The molecule has 0 saturated heterocycles. The van der Waals surface area contributed by atoms with E-state index < -0.39 is 5.92 Å². The Morgan fingerprint density at radius 3 is 2.53 bits per heavy atom. The van der Waals surface area contributed by atoms with Gasteiger partial charge in [0.1, 0.15) is 11.5 Å². The van der Waals surface area contributed by atoms with Gasteiger partial charge in [-0.3, -0.25) is 4.79 Å². The lowest BCUT2D eigenvalue weighted by atomic mass is 9.79. The van der Waals surface area contributed by atoms with Crippen molar-refractivity contribution in [2.24, 2.45) is 0 Å². The van der Waals surface area contributed by atoms with Crippen LogP contribution in [0.25, 0.3) is 0 Å². The van der Waals surface area contributed by atoms with E-state index >= 15 is 0 Å². The number of pyridine rings is 1. The number of nitrogens with one attached hydrogen (secondary N) is 2. The molecule has 1 aromatic heterocycles. The van der Waals surface area contributed by atoms with E-state index in [9.17, 15) is 15.2 Å². The van der Waals surface area contributed by atoms with Crippen LogP contribution in [0.2, 0.25) is 0 Å². The number of rotatable bonds is 7. The van der Waals surface area contributed by atoms with Crippen molar-refractivity contribution in [3.05, 3.63) is 87.7 Å².